The van der Waals surface area contributed by atoms with Crippen molar-refractivity contribution in [1.29, 1.82) is 0 Å². The zero-order valence-corrected chi connectivity index (χ0v) is 18.4. The minimum Gasteiger partial charge on any atom is -0.198 e. The summed E-state index contributed by atoms with van der Waals surface area (Å²) in [6.07, 6.45) is 13.8. The minimum absolute atomic E-state index is 0.598. The van der Waals surface area contributed by atoms with Gasteiger partial charge in [0.25, 0.3) is 5.76 Å². The van der Waals surface area contributed by atoms with Crippen LogP contribution in [-0.4, -0.2) is 5.76 Å². The van der Waals surface area contributed by atoms with Crippen LogP contribution in [0.2, 0.25) is 0 Å². The van der Waals surface area contributed by atoms with Crippen molar-refractivity contribution < 1.29 is 8.78 Å². The molecule has 0 saturated heterocycles. The first kappa shape index (κ1) is 22.3. The molecular formula is C26H34F2S. The molecule has 3 rings (SSSR count). The molecule has 1 aliphatic carbocycles. The number of alkyl halides is 2. The van der Waals surface area contributed by atoms with Crippen molar-refractivity contribution in [1.82, 2.24) is 0 Å². The average Bonchev–Trinajstić information content (AvgIpc) is 2.74. The summed E-state index contributed by atoms with van der Waals surface area (Å²) in [7, 11) is 0. The molecule has 0 amide bonds. The lowest BCUT2D eigenvalue weighted by atomic mass is 9.77. The van der Waals surface area contributed by atoms with Gasteiger partial charge in [0.05, 0.1) is 0 Å². The van der Waals surface area contributed by atoms with Crippen molar-refractivity contribution in [2.24, 2.45) is 5.92 Å². The van der Waals surface area contributed by atoms with Gasteiger partial charge < -0.3 is 0 Å². The Balaban J connectivity index is 1.47. The summed E-state index contributed by atoms with van der Waals surface area (Å²) < 4.78 is 24.9. The van der Waals surface area contributed by atoms with E-state index in [1.165, 1.54) is 69.8 Å². The van der Waals surface area contributed by atoms with E-state index < -0.39 is 5.76 Å². The molecule has 0 radical (unpaired) electrons. The van der Waals surface area contributed by atoms with Crippen LogP contribution in [-0.2, 0) is 0 Å². The molecule has 0 atom stereocenters. The van der Waals surface area contributed by atoms with Crippen LogP contribution in [0.4, 0.5) is 8.78 Å². The van der Waals surface area contributed by atoms with Crippen molar-refractivity contribution in [2.45, 2.75) is 87.7 Å². The molecule has 0 heterocycles. The van der Waals surface area contributed by atoms with Gasteiger partial charge in [0, 0.05) is 4.90 Å². The highest BCUT2D eigenvalue weighted by Gasteiger charge is 2.22. The summed E-state index contributed by atoms with van der Waals surface area (Å²) >= 11 is 0.598. The molecule has 0 nitrogen and oxygen atoms in total. The van der Waals surface area contributed by atoms with Gasteiger partial charge in [-0.3, -0.25) is 0 Å². The van der Waals surface area contributed by atoms with E-state index >= 15 is 0 Å². The maximum Gasteiger partial charge on any atom is 0.288 e. The molecule has 0 N–H and O–H groups in total. The normalized spacial score (nSPS) is 19.6. The van der Waals surface area contributed by atoms with E-state index in [9.17, 15) is 8.78 Å². The third-order valence-electron chi connectivity index (χ3n) is 6.36. The molecule has 0 aromatic heterocycles. The first-order chi connectivity index (χ1) is 14.2. The molecule has 1 saturated carbocycles. The minimum atomic E-state index is -2.36. The second kappa shape index (κ2) is 11.7. The van der Waals surface area contributed by atoms with Crippen LogP contribution in [0.15, 0.2) is 53.4 Å². The summed E-state index contributed by atoms with van der Waals surface area (Å²) in [4.78, 5) is 0.613. The van der Waals surface area contributed by atoms with Gasteiger partial charge in [-0.1, -0.05) is 93.6 Å². The Morgan fingerprint density at radius 2 is 1.38 bits per heavy atom. The Labute approximate surface area is 179 Å². The Bertz CT molecular complexity index is 700. The zero-order chi connectivity index (χ0) is 20.5. The maximum atomic E-state index is 12.5. The van der Waals surface area contributed by atoms with E-state index in [2.05, 4.69) is 31.2 Å². The van der Waals surface area contributed by atoms with E-state index in [0.717, 1.165) is 17.0 Å². The predicted octanol–water partition coefficient (Wildman–Crippen LogP) is 9.30. The highest BCUT2D eigenvalue weighted by Crippen LogP contribution is 2.38. The molecule has 2 aromatic carbocycles. The van der Waals surface area contributed by atoms with Crippen molar-refractivity contribution in [3.8, 4) is 11.1 Å². The van der Waals surface area contributed by atoms with Crippen LogP contribution in [0, 0.1) is 5.92 Å². The van der Waals surface area contributed by atoms with Gasteiger partial charge in [-0.25, -0.2) is 0 Å². The van der Waals surface area contributed by atoms with Gasteiger partial charge in [-0.2, -0.15) is 8.78 Å². The smallest absolute Gasteiger partial charge is 0.198 e. The van der Waals surface area contributed by atoms with Crippen molar-refractivity contribution >= 4 is 11.8 Å². The van der Waals surface area contributed by atoms with Crippen molar-refractivity contribution in [3.63, 3.8) is 0 Å². The second-order valence-corrected chi connectivity index (χ2v) is 9.51. The van der Waals surface area contributed by atoms with Gasteiger partial charge >= 0.3 is 0 Å². The molecule has 0 bridgehead atoms. The molecule has 0 unspecified atom stereocenters. The first-order valence-corrected chi connectivity index (χ1v) is 12.2. The maximum absolute atomic E-state index is 12.5. The number of hydrogen-bond acceptors (Lipinski definition) is 1. The Morgan fingerprint density at radius 1 is 0.793 bits per heavy atom. The van der Waals surface area contributed by atoms with Gasteiger partial charge in [-0.05, 0) is 66.3 Å². The number of thioether (sulfide) groups is 1. The Morgan fingerprint density at radius 3 is 1.97 bits per heavy atom. The average molecular weight is 417 g/mol. The topological polar surface area (TPSA) is 0 Å². The standard InChI is InChI=1S/C26H34F2S/c1-2-3-4-5-6-7-20-8-10-21(11-9-20)22-12-14-23(15-13-22)24-16-18-25(19-17-24)29-26(27)28/h12-21,26H,2-11H2,1H3/t20-,21-. The fourth-order valence-corrected chi connectivity index (χ4v) is 5.10. The summed E-state index contributed by atoms with van der Waals surface area (Å²) in [6.45, 7) is 2.28. The summed E-state index contributed by atoms with van der Waals surface area (Å²) in [5.41, 5.74) is 3.70. The molecule has 3 heteroatoms. The first-order valence-electron chi connectivity index (χ1n) is 11.3. The van der Waals surface area contributed by atoms with Crippen molar-refractivity contribution in [3.05, 3.63) is 54.1 Å². The zero-order valence-electron chi connectivity index (χ0n) is 17.6. The van der Waals surface area contributed by atoms with Gasteiger partial charge in [0.1, 0.15) is 0 Å². The van der Waals surface area contributed by atoms with E-state index in [4.69, 9.17) is 0 Å². The number of rotatable bonds is 10. The molecule has 2 aromatic rings. The monoisotopic (exact) mass is 416 g/mol. The van der Waals surface area contributed by atoms with Gasteiger partial charge in [0.2, 0.25) is 0 Å². The summed E-state index contributed by atoms with van der Waals surface area (Å²) in [6, 6.07) is 16.3. The van der Waals surface area contributed by atoms with Gasteiger partial charge in [0.15, 0.2) is 0 Å². The van der Waals surface area contributed by atoms with Crippen molar-refractivity contribution in [2.75, 3.05) is 0 Å². The summed E-state index contributed by atoms with van der Waals surface area (Å²) in [5, 5.41) is 0. The largest absolute Gasteiger partial charge is 0.288 e. The number of unbranched alkanes of at least 4 members (excludes halogenated alkanes) is 4. The lowest BCUT2D eigenvalue weighted by molar-refractivity contribution is 0.252. The molecule has 158 valence electrons. The molecule has 29 heavy (non-hydrogen) atoms. The highest BCUT2D eigenvalue weighted by molar-refractivity contribution is 7.99. The fourth-order valence-electron chi connectivity index (χ4n) is 4.60. The fraction of sp³-hybridized carbons (Fsp3) is 0.538. The molecule has 1 fully saturated rings. The Hall–Kier alpha value is -1.35. The van der Waals surface area contributed by atoms with Crippen LogP contribution >= 0.6 is 11.8 Å². The second-order valence-electron chi connectivity index (χ2n) is 8.45. The predicted molar refractivity (Wildman–Crippen MR) is 122 cm³/mol. The van der Waals surface area contributed by atoms with Crippen LogP contribution in [0.5, 0.6) is 0 Å². The number of halogens is 2. The SMILES string of the molecule is CCCCCCC[C@H]1CC[C@H](c2ccc(-c3ccc(SC(F)F)cc3)cc2)CC1. The van der Waals surface area contributed by atoms with Crippen LogP contribution in [0.1, 0.15) is 82.6 Å². The molecule has 1 aliphatic rings. The van der Waals surface area contributed by atoms with Crippen LogP contribution in [0.3, 0.4) is 0 Å². The third kappa shape index (κ3) is 7.13. The Kier molecular flexibility index (Phi) is 9.04. The number of hydrogen-bond donors (Lipinski definition) is 0. The van der Waals surface area contributed by atoms with E-state index in [1.807, 2.05) is 12.1 Å². The third-order valence-corrected chi connectivity index (χ3v) is 7.08. The van der Waals surface area contributed by atoms with Crippen LogP contribution in [0.25, 0.3) is 11.1 Å². The quantitative estimate of drug-likeness (QED) is 0.275. The van der Waals surface area contributed by atoms with E-state index in [-0.39, 0.29) is 0 Å². The number of benzene rings is 2. The lowest BCUT2D eigenvalue weighted by Gasteiger charge is -2.29. The van der Waals surface area contributed by atoms with Gasteiger partial charge in [-0.15, -0.1) is 0 Å². The lowest BCUT2D eigenvalue weighted by Crippen LogP contribution is -2.13. The summed E-state index contributed by atoms with van der Waals surface area (Å²) in [5.74, 6) is -0.724. The molecule has 0 spiro atoms. The molecular weight excluding hydrogens is 382 g/mol. The van der Waals surface area contributed by atoms with E-state index in [0.29, 0.717) is 22.6 Å². The van der Waals surface area contributed by atoms with Crippen LogP contribution < -0.4 is 0 Å². The highest BCUT2D eigenvalue weighted by atomic mass is 32.2. The van der Waals surface area contributed by atoms with E-state index in [1.54, 1.807) is 12.1 Å². The molecule has 0 aliphatic heterocycles.